The van der Waals surface area contributed by atoms with Gasteiger partial charge in [-0.25, -0.2) is 0 Å². The zero-order valence-electron chi connectivity index (χ0n) is 8.99. The molecular weight excluding hydrogens is 190 g/mol. The number of hydrogen-bond donors (Lipinski definition) is 2. The Balaban J connectivity index is 2.37. The molecule has 15 heavy (non-hydrogen) atoms. The summed E-state index contributed by atoms with van der Waals surface area (Å²) >= 11 is 0. The van der Waals surface area contributed by atoms with Crippen molar-refractivity contribution in [2.24, 2.45) is 5.73 Å². The molecule has 1 heterocycles. The van der Waals surface area contributed by atoms with Crippen LogP contribution < -0.4 is 11.1 Å². The molecule has 0 aromatic carbocycles. The number of rotatable bonds is 5. The average Bonchev–Trinajstić information content (AvgIpc) is 2.25. The Labute approximate surface area is 89.9 Å². The van der Waals surface area contributed by atoms with E-state index in [1.807, 2.05) is 19.1 Å². The highest BCUT2D eigenvalue weighted by Crippen LogP contribution is 2.02. The highest BCUT2D eigenvalue weighted by Gasteiger charge is 2.02. The molecule has 1 amide bonds. The fraction of sp³-hybridized carbons (Fsp3) is 0.455. The van der Waals surface area contributed by atoms with Crippen LogP contribution in [0.5, 0.6) is 0 Å². The van der Waals surface area contributed by atoms with E-state index in [1.54, 1.807) is 6.20 Å². The maximum absolute atomic E-state index is 11.3. The van der Waals surface area contributed by atoms with Crippen LogP contribution >= 0.6 is 0 Å². The lowest BCUT2D eigenvalue weighted by atomic mass is 10.2. The Morgan fingerprint density at radius 3 is 3.07 bits per heavy atom. The molecule has 1 aromatic heterocycles. The highest BCUT2D eigenvalue weighted by atomic mass is 16.1. The molecule has 1 rings (SSSR count). The minimum Gasteiger partial charge on any atom is -0.350 e. The molecule has 0 radical (unpaired) electrons. The summed E-state index contributed by atoms with van der Waals surface area (Å²) in [5, 5.41) is 2.82. The van der Waals surface area contributed by atoms with Gasteiger partial charge in [0.15, 0.2) is 0 Å². The number of amides is 1. The Morgan fingerprint density at radius 1 is 1.60 bits per heavy atom. The van der Waals surface area contributed by atoms with Crippen LogP contribution in [0.4, 0.5) is 0 Å². The summed E-state index contributed by atoms with van der Waals surface area (Å²) in [6.07, 6.45) is 2.95. The molecule has 1 aromatic rings. The maximum Gasteiger partial charge on any atom is 0.220 e. The van der Waals surface area contributed by atoms with E-state index in [-0.39, 0.29) is 5.91 Å². The molecule has 0 aliphatic rings. The largest absolute Gasteiger partial charge is 0.350 e. The average molecular weight is 207 g/mol. The second-order valence-corrected chi connectivity index (χ2v) is 3.44. The zero-order valence-corrected chi connectivity index (χ0v) is 8.99. The summed E-state index contributed by atoms with van der Waals surface area (Å²) in [5.74, 6) is 0.0329. The van der Waals surface area contributed by atoms with Gasteiger partial charge in [0.05, 0.1) is 12.2 Å². The topological polar surface area (TPSA) is 68.0 Å². The minimum absolute atomic E-state index is 0.0329. The van der Waals surface area contributed by atoms with E-state index < -0.39 is 0 Å². The number of nitrogens with zero attached hydrogens (tertiary/aromatic N) is 1. The van der Waals surface area contributed by atoms with Crippen molar-refractivity contribution in [1.29, 1.82) is 0 Å². The summed E-state index contributed by atoms with van der Waals surface area (Å²) in [7, 11) is 0. The first-order chi connectivity index (χ1) is 7.24. The quantitative estimate of drug-likeness (QED) is 0.748. The van der Waals surface area contributed by atoms with Gasteiger partial charge in [0.25, 0.3) is 0 Å². The molecule has 0 unspecified atom stereocenters. The first-order valence-electron chi connectivity index (χ1n) is 5.11. The first-order valence-corrected chi connectivity index (χ1v) is 5.11. The predicted molar refractivity (Wildman–Crippen MR) is 59.1 cm³/mol. The van der Waals surface area contributed by atoms with Gasteiger partial charge in [0.2, 0.25) is 5.91 Å². The molecular formula is C11H17N3O. The van der Waals surface area contributed by atoms with Crippen molar-refractivity contribution >= 4 is 5.91 Å². The van der Waals surface area contributed by atoms with Crippen LogP contribution in [-0.2, 0) is 11.3 Å². The van der Waals surface area contributed by atoms with Gasteiger partial charge in [-0.15, -0.1) is 0 Å². The summed E-state index contributed by atoms with van der Waals surface area (Å²) < 4.78 is 0. The van der Waals surface area contributed by atoms with Gasteiger partial charge in [-0.2, -0.15) is 0 Å². The molecule has 0 saturated carbocycles. The number of carbonyl (C=O) groups excluding carboxylic acids is 1. The smallest absolute Gasteiger partial charge is 0.220 e. The molecule has 0 fully saturated rings. The second-order valence-electron chi connectivity index (χ2n) is 3.44. The first kappa shape index (κ1) is 11.7. The normalized spacial score (nSPS) is 10.0. The highest BCUT2D eigenvalue weighted by molar-refractivity contribution is 5.75. The Kier molecular flexibility index (Phi) is 4.77. The zero-order chi connectivity index (χ0) is 11.1. The van der Waals surface area contributed by atoms with Gasteiger partial charge in [-0.1, -0.05) is 6.07 Å². The minimum atomic E-state index is 0.0329. The van der Waals surface area contributed by atoms with Crippen molar-refractivity contribution in [3.05, 3.63) is 29.6 Å². The van der Waals surface area contributed by atoms with Crippen LogP contribution in [0.15, 0.2) is 18.3 Å². The van der Waals surface area contributed by atoms with Crippen molar-refractivity contribution < 1.29 is 4.79 Å². The molecule has 0 atom stereocenters. The van der Waals surface area contributed by atoms with E-state index in [0.29, 0.717) is 19.5 Å². The van der Waals surface area contributed by atoms with Gasteiger partial charge < -0.3 is 11.1 Å². The van der Waals surface area contributed by atoms with Gasteiger partial charge in [0, 0.05) is 12.6 Å². The number of aryl methyl sites for hydroxylation is 1. The maximum atomic E-state index is 11.3. The van der Waals surface area contributed by atoms with E-state index in [9.17, 15) is 4.79 Å². The molecule has 0 aliphatic carbocycles. The lowest BCUT2D eigenvalue weighted by Crippen LogP contribution is -2.24. The third kappa shape index (κ3) is 4.08. The van der Waals surface area contributed by atoms with E-state index in [2.05, 4.69) is 10.3 Å². The van der Waals surface area contributed by atoms with Gasteiger partial charge >= 0.3 is 0 Å². The fourth-order valence-corrected chi connectivity index (χ4v) is 1.24. The molecule has 0 bridgehead atoms. The van der Waals surface area contributed by atoms with Crippen LogP contribution in [0.2, 0.25) is 0 Å². The van der Waals surface area contributed by atoms with E-state index in [1.165, 1.54) is 0 Å². The van der Waals surface area contributed by atoms with Crippen molar-refractivity contribution in [2.45, 2.75) is 26.3 Å². The molecule has 0 spiro atoms. The van der Waals surface area contributed by atoms with Crippen molar-refractivity contribution in [2.75, 3.05) is 6.54 Å². The molecule has 4 heteroatoms. The third-order valence-electron chi connectivity index (χ3n) is 2.18. The molecule has 0 saturated heterocycles. The molecule has 82 valence electrons. The summed E-state index contributed by atoms with van der Waals surface area (Å²) in [4.78, 5) is 15.5. The number of hydrogen-bond acceptors (Lipinski definition) is 3. The number of pyridine rings is 1. The number of aromatic nitrogens is 1. The van der Waals surface area contributed by atoms with Crippen LogP contribution in [0.3, 0.4) is 0 Å². The summed E-state index contributed by atoms with van der Waals surface area (Å²) in [5.41, 5.74) is 7.33. The second kappa shape index (κ2) is 6.14. The van der Waals surface area contributed by atoms with Gasteiger partial charge in [-0.05, 0) is 31.5 Å². The van der Waals surface area contributed by atoms with E-state index in [0.717, 1.165) is 17.7 Å². The van der Waals surface area contributed by atoms with Crippen LogP contribution in [0.1, 0.15) is 24.1 Å². The Morgan fingerprint density at radius 2 is 2.40 bits per heavy atom. The Bertz CT molecular complexity index is 325. The lowest BCUT2D eigenvalue weighted by molar-refractivity contribution is -0.121. The van der Waals surface area contributed by atoms with Crippen LogP contribution in [0.25, 0.3) is 0 Å². The monoisotopic (exact) mass is 207 g/mol. The third-order valence-corrected chi connectivity index (χ3v) is 2.18. The number of carbonyl (C=O) groups is 1. The van der Waals surface area contributed by atoms with Gasteiger partial charge in [-0.3, -0.25) is 9.78 Å². The Hall–Kier alpha value is -1.42. The number of nitrogens with two attached hydrogens (primary N) is 1. The van der Waals surface area contributed by atoms with Crippen molar-refractivity contribution in [1.82, 2.24) is 10.3 Å². The van der Waals surface area contributed by atoms with Gasteiger partial charge in [0.1, 0.15) is 0 Å². The van der Waals surface area contributed by atoms with E-state index in [4.69, 9.17) is 5.73 Å². The molecule has 3 N–H and O–H groups in total. The number of nitrogens with one attached hydrogen (secondary N) is 1. The molecule has 4 nitrogen and oxygen atoms in total. The summed E-state index contributed by atoms with van der Waals surface area (Å²) in [6.45, 7) is 3.03. The summed E-state index contributed by atoms with van der Waals surface area (Å²) in [6, 6.07) is 3.86. The predicted octanol–water partition coefficient (Wildman–Crippen LogP) is 0.745. The van der Waals surface area contributed by atoms with E-state index >= 15 is 0 Å². The van der Waals surface area contributed by atoms with Crippen LogP contribution in [0, 0.1) is 6.92 Å². The van der Waals surface area contributed by atoms with Crippen molar-refractivity contribution in [3.63, 3.8) is 0 Å². The molecule has 0 aliphatic heterocycles. The fourth-order valence-electron chi connectivity index (χ4n) is 1.24. The van der Waals surface area contributed by atoms with Crippen molar-refractivity contribution in [3.8, 4) is 0 Å². The SMILES string of the molecule is Cc1cccnc1CNC(=O)CCCN. The standard InChI is InChI=1S/C11H17N3O/c1-9-4-3-7-13-10(9)8-14-11(15)5-2-6-12/h3-4,7H,2,5-6,8,12H2,1H3,(H,14,15). The lowest BCUT2D eigenvalue weighted by Gasteiger charge is -2.06. The van der Waals surface area contributed by atoms with Crippen LogP contribution in [-0.4, -0.2) is 17.4 Å².